The molecule has 1 heterocycles. The summed E-state index contributed by atoms with van der Waals surface area (Å²) in [5.74, 6) is -0.148. The zero-order valence-electron chi connectivity index (χ0n) is 14.7. The topological polar surface area (TPSA) is 107 Å². The van der Waals surface area contributed by atoms with E-state index < -0.39 is 10.0 Å². The molecule has 3 rings (SSSR count). The lowest BCUT2D eigenvalue weighted by Crippen LogP contribution is -2.28. The molecule has 1 amide bonds. The Morgan fingerprint density at radius 3 is 2.44 bits per heavy atom. The number of hydrogen-bond acceptors (Lipinski definition) is 4. The van der Waals surface area contributed by atoms with Crippen molar-refractivity contribution in [3.05, 3.63) is 78.1 Å². The first-order valence-corrected chi connectivity index (χ1v) is 9.88. The molecular weight excluding hydrogens is 364 g/mol. The number of para-hydroxylation sites is 1. The van der Waals surface area contributed by atoms with Gasteiger partial charge in [-0.05, 0) is 42.3 Å². The normalized spacial score (nSPS) is 12.5. The van der Waals surface area contributed by atoms with Crippen LogP contribution in [0.2, 0.25) is 0 Å². The number of nitrogens with zero attached hydrogens (tertiary/aromatic N) is 2. The maximum atomic E-state index is 12.3. The summed E-state index contributed by atoms with van der Waals surface area (Å²) in [4.78, 5) is 12.3. The van der Waals surface area contributed by atoms with Gasteiger partial charge in [0.25, 0.3) is 0 Å². The third-order valence-electron chi connectivity index (χ3n) is 4.11. The first kappa shape index (κ1) is 18.8. The van der Waals surface area contributed by atoms with E-state index in [0.29, 0.717) is 0 Å². The molecule has 0 radical (unpaired) electrons. The van der Waals surface area contributed by atoms with Gasteiger partial charge < -0.3 is 5.32 Å². The second kappa shape index (κ2) is 7.73. The molecule has 7 nitrogen and oxygen atoms in total. The molecule has 0 aliphatic carbocycles. The minimum atomic E-state index is -3.73. The fourth-order valence-electron chi connectivity index (χ4n) is 2.68. The van der Waals surface area contributed by atoms with Crippen LogP contribution in [-0.2, 0) is 21.2 Å². The van der Waals surface area contributed by atoms with Crippen LogP contribution in [0.5, 0.6) is 0 Å². The third kappa shape index (κ3) is 4.81. The van der Waals surface area contributed by atoms with Gasteiger partial charge in [-0.1, -0.05) is 30.3 Å². The van der Waals surface area contributed by atoms with Gasteiger partial charge in [0.1, 0.15) is 0 Å². The summed E-state index contributed by atoms with van der Waals surface area (Å²) in [6.45, 7) is 1.83. The molecule has 1 aromatic heterocycles. The molecule has 0 aliphatic rings. The van der Waals surface area contributed by atoms with Gasteiger partial charge in [-0.3, -0.25) is 4.79 Å². The molecule has 0 bridgehead atoms. The van der Waals surface area contributed by atoms with E-state index in [2.05, 4.69) is 10.4 Å². The van der Waals surface area contributed by atoms with Crippen molar-refractivity contribution in [1.82, 2.24) is 15.1 Å². The highest BCUT2D eigenvalue weighted by atomic mass is 32.2. The van der Waals surface area contributed by atoms with Gasteiger partial charge in [-0.25, -0.2) is 18.2 Å². The summed E-state index contributed by atoms with van der Waals surface area (Å²) >= 11 is 0. The average Bonchev–Trinajstić information content (AvgIpc) is 3.10. The first-order chi connectivity index (χ1) is 12.8. The monoisotopic (exact) mass is 384 g/mol. The number of carbonyl (C=O) groups is 1. The van der Waals surface area contributed by atoms with Crippen LogP contribution in [0.3, 0.4) is 0 Å². The minimum absolute atomic E-state index is 0.0399. The molecule has 3 N–H and O–H groups in total. The van der Waals surface area contributed by atoms with Gasteiger partial charge in [0.15, 0.2) is 0 Å². The average molecular weight is 384 g/mol. The Bertz CT molecular complexity index is 1030. The van der Waals surface area contributed by atoms with Crippen molar-refractivity contribution < 1.29 is 13.2 Å². The number of benzene rings is 2. The predicted octanol–water partition coefficient (Wildman–Crippen LogP) is 1.94. The zero-order valence-corrected chi connectivity index (χ0v) is 15.6. The van der Waals surface area contributed by atoms with E-state index in [-0.39, 0.29) is 23.3 Å². The van der Waals surface area contributed by atoms with Crippen LogP contribution in [0.1, 0.15) is 24.1 Å². The van der Waals surface area contributed by atoms with Gasteiger partial charge in [0, 0.05) is 6.20 Å². The van der Waals surface area contributed by atoms with Gasteiger partial charge in [-0.2, -0.15) is 5.10 Å². The van der Waals surface area contributed by atoms with Crippen LogP contribution < -0.4 is 10.5 Å². The third-order valence-corrected chi connectivity index (χ3v) is 5.04. The van der Waals surface area contributed by atoms with Gasteiger partial charge >= 0.3 is 0 Å². The molecule has 3 aromatic rings. The molecule has 2 aromatic carbocycles. The fraction of sp³-hybridized carbons (Fsp3) is 0.158. The van der Waals surface area contributed by atoms with Crippen LogP contribution in [-0.4, -0.2) is 24.1 Å². The lowest BCUT2D eigenvalue weighted by Gasteiger charge is -2.14. The second-order valence-corrected chi connectivity index (χ2v) is 7.77. The predicted molar refractivity (Wildman–Crippen MR) is 102 cm³/mol. The van der Waals surface area contributed by atoms with Crippen molar-refractivity contribution in [2.45, 2.75) is 24.3 Å². The van der Waals surface area contributed by atoms with Crippen molar-refractivity contribution in [3.63, 3.8) is 0 Å². The largest absolute Gasteiger partial charge is 0.349 e. The summed E-state index contributed by atoms with van der Waals surface area (Å²) in [6, 6.07) is 15.5. The molecule has 27 heavy (non-hydrogen) atoms. The molecule has 0 fully saturated rings. The first-order valence-electron chi connectivity index (χ1n) is 8.34. The smallest absolute Gasteiger partial charge is 0.238 e. The van der Waals surface area contributed by atoms with Crippen molar-refractivity contribution in [1.29, 1.82) is 0 Å². The Morgan fingerprint density at radius 2 is 1.81 bits per heavy atom. The van der Waals surface area contributed by atoms with E-state index in [1.165, 1.54) is 12.1 Å². The summed E-state index contributed by atoms with van der Waals surface area (Å²) in [7, 11) is -3.73. The standard InChI is InChI=1S/C19H20N4O3S/c1-14(16-7-9-18(10-8-16)27(20,25)26)22-19(24)11-15-12-21-23(13-15)17-5-3-2-4-6-17/h2-10,12-14H,11H2,1H3,(H,22,24)(H2,20,25,26). The van der Waals surface area contributed by atoms with E-state index in [0.717, 1.165) is 16.8 Å². The highest BCUT2D eigenvalue weighted by Crippen LogP contribution is 2.16. The summed E-state index contributed by atoms with van der Waals surface area (Å²) in [5, 5.41) is 12.3. The summed E-state index contributed by atoms with van der Waals surface area (Å²) in [5.41, 5.74) is 2.51. The van der Waals surface area contributed by atoms with E-state index in [9.17, 15) is 13.2 Å². The van der Waals surface area contributed by atoms with E-state index in [4.69, 9.17) is 5.14 Å². The quantitative estimate of drug-likeness (QED) is 0.677. The second-order valence-electron chi connectivity index (χ2n) is 6.21. The molecule has 8 heteroatoms. The van der Waals surface area contributed by atoms with Gasteiger partial charge in [-0.15, -0.1) is 0 Å². The van der Waals surface area contributed by atoms with Crippen LogP contribution >= 0.6 is 0 Å². The summed E-state index contributed by atoms with van der Waals surface area (Å²) in [6.07, 6.45) is 3.69. The zero-order chi connectivity index (χ0) is 19.4. The number of rotatable bonds is 6. The van der Waals surface area contributed by atoms with Gasteiger partial charge in [0.2, 0.25) is 15.9 Å². The van der Waals surface area contributed by atoms with Crippen LogP contribution in [0.4, 0.5) is 0 Å². The lowest BCUT2D eigenvalue weighted by molar-refractivity contribution is -0.121. The van der Waals surface area contributed by atoms with Crippen molar-refractivity contribution in [2.24, 2.45) is 5.14 Å². The molecule has 1 atom stereocenters. The number of sulfonamides is 1. The van der Waals surface area contributed by atoms with Crippen LogP contribution in [0, 0.1) is 0 Å². The van der Waals surface area contributed by atoms with E-state index in [1.807, 2.05) is 43.5 Å². The Hall–Kier alpha value is -2.97. The number of aromatic nitrogens is 2. The number of hydrogen-bond donors (Lipinski definition) is 2. The lowest BCUT2D eigenvalue weighted by atomic mass is 10.1. The number of nitrogens with one attached hydrogen (secondary N) is 1. The Balaban J connectivity index is 1.61. The molecule has 1 unspecified atom stereocenters. The highest BCUT2D eigenvalue weighted by molar-refractivity contribution is 7.89. The minimum Gasteiger partial charge on any atom is -0.349 e. The molecule has 0 saturated heterocycles. The van der Waals surface area contributed by atoms with Crippen LogP contribution in [0.15, 0.2) is 71.9 Å². The van der Waals surface area contributed by atoms with E-state index in [1.54, 1.807) is 23.0 Å². The number of primary sulfonamides is 1. The van der Waals surface area contributed by atoms with Crippen molar-refractivity contribution in [2.75, 3.05) is 0 Å². The van der Waals surface area contributed by atoms with Gasteiger partial charge in [0.05, 0.1) is 29.2 Å². The SMILES string of the molecule is CC(NC(=O)Cc1cnn(-c2ccccc2)c1)c1ccc(S(N)(=O)=O)cc1. The van der Waals surface area contributed by atoms with Crippen molar-refractivity contribution in [3.8, 4) is 5.69 Å². The maximum Gasteiger partial charge on any atom is 0.238 e. The molecular formula is C19H20N4O3S. The Morgan fingerprint density at radius 1 is 1.15 bits per heavy atom. The number of amides is 1. The Labute approximate surface area is 157 Å². The maximum absolute atomic E-state index is 12.3. The number of carbonyl (C=O) groups excluding carboxylic acids is 1. The number of nitrogens with two attached hydrogens (primary N) is 1. The van der Waals surface area contributed by atoms with E-state index >= 15 is 0 Å². The Kier molecular flexibility index (Phi) is 5.38. The molecule has 0 spiro atoms. The summed E-state index contributed by atoms with van der Waals surface area (Å²) < 4.78 is 24.3. The van der Waals surface area contributed by atoms with Crippen LogP contribution in [0.25, 0.3) is 5.69 Å². The van der Waals surface area contributed by atoms with Crippen molar-refractivity contribution >= 4 is 15.9 Å². The highest BCUT2D eigenvalue weighted by Gasteiger charge is 2.13. The molecule has 140 valence electrons. The molecule has 0 saturated carbocycles. The fourth-order valence-corrected chi connectivity index (χ4v) is 3.20. The molecule has 0 aliphatic heterocycles.